The minimum atomic E-state index is -0.407. The number of carbonyl (C=O) groups excluding carboxylic acids is 1. The molecule has 1 amide bonds. The first-order valence-electron chi connectivity index (χ1n) is 7.63. The number of pyridine rings is 1. The zero-order valence-corrected chi connectivity index (χ0v) is 13.7. The van der Waals surface area contributed by atoms with Crippen molar-refractivity contribution in [3.8, 4) is 11.8 Å². The molecule has 1 aromatic carbocycles. The van der Waals surface area contributed by atoms with E-state index in [0.29, 0.717) is 6.54 Å². The molecule has 122 valence electrons. The van der Waals surface area contributed by atoms with Crippen LogP contribution >= 0.6 is 0 Å². The Hall–Kier alpha value is -3.13. The minimum Gasteiger partial charge on any atom is -0.496 e. The summed E-state index contributed by atoms with van der Waals surface area (Å²) in [5.74, 6) is 0.393. The summed E-state index contributed by atoms with van der Waals surface area (Å²) >= 11 is 0. The fourth-order valence-electron chi connectivity index (χ4n) is 2.26. The van der Waals surface area contributed by atoms with E-state index in [1.807, 2.05) is 37.3 Å². The number of nitrogens with zero attached hydrogens (tertiary/aromatic N) is 2. The van der Waals surface area contributed by atoms with Gasteiger partial charge in [-0.3, -0.25) is 9.78 Å². The van der Waals surface area contributed by atoms with Crippen molar-refractivity contribution in [3.63, 3.8) is 0 Å². The normalized spacial score (nSPS) is 10.8. The quantitative estimate of drug-likeness (QED) is 0.656. The average Bonchev–Trinajstić information content (AvgIpc) is 2.64. The zero-order chi connectivity index (χ0) is 17.4. The van der Waals surface area contributed by atoms with Crippen molar-refractivity contribution in [1.82, 2.24) is 10.3 Å². The summed E-state index contributed by atoms with van der Waals surface area (Å²) in [4.78, 5) is 16.2. The Labute approximate surface area is 141 Å². The highest BCUT2D eigenvalue weighted by molar-refractivity contribution is 6.01. The first-order valence-corrected chi connectivity index (χ1v) is 7.63. The number of nitriles is 1. The lowest BCUT2D eigenvalue weighted by Gasteiger charge is -2.08. The van der Waals surface area contributed by atoms with Crippen molar-refractivity contribution in [3.05, 3.63) is 65.0 Å². The zero-order valence-electron chi connectivity index (χ0n) is 13.7. The maximum absolute atomic E-state index is 12.2. The molecule has 2 rings (SSSR count). The van der Waals surface area contributed by atoms with Gasteiger partial charge >= 0.3 is 0 Å². The van der Waals surface area contributed by atoms with E-state index in [0.717, 1.165) is 28.9 Å². The van der Waals surface area contributed by atoms with E-state index in [1.165, 1.54) is 0 Å². The van der Waals surface area contributed by atoms with Crippen molar-refractivity contribution in [2.45, 2.75) is 19.9 Å². The first-order chi connectivity index (χ1) is 11.7. The molecule has 1 heterocycles. The Morgan fingerprint density at radius 3 is 2.88 bits per heavy atom. The van der Waals surface area contributed by atoms with E-state index < -0.39 is 5.91 Å². The molecule has 5 heteroatoms. The Kier molecular flexibility index (Phi) is 6.09. The predicted octanol–water partition coefficient (Wildman–Crippen LogP) is 2.88. The van der Waals surface area contributed by atoms with Gasteiger partial charge in [0.15, 0.2) is 0 Å². The summed E-state index contributed by atoms with van der Waals surface area (Å²) < 4.78 is 5.29. The highest BCUT2D eigenvalue weighted by atomic mass is 16.5. The number of hydrogen-bond donors (Lipinski definition) is 1. The third-order valence-corrected chi connectivity index (χ3v) is 3.54. The lowest BCUT2D eigenvalue weighted by molar-refractivity contribution is -0.117. The average molecular weight is 321 g/mol. The van der Waals surface area contributed by atoms with Crippen molar-refractivity contribution in [2.75, 3.05) is 7.11 Å². The number of rotatable bonds is 6. The molecule has 1 N–H and O–H groups in total. The maximum atomic E-state index is 12.2. The van der Waals surface area contributed by atoms with Gasteiger partial charge in [0.25, 0.3) is 5.91 Å². The fourth-order valence-corrected chi connectivity index (χ4v) is 2.26. The van der Waals surface area contributed by atoms with Crippen molar-refractivity contribution < 1.29 is 9.53 Å². The molecule has 0 aliphatic rings. The van der Waals surface area contributed by atoms with Crippen LogP contribution in [0.15, 0.2) is 48.3 Å². The molecule has 0 spiro atoms. The molecule has 24 heavy (non-hydrogen) atoms. The monoisotopic (exact) mass is 321 g/mol. The molecule has 0 aliphatic heterocycles. The molecule has 0 unspecified atom stereocenters. The summed E-state index contributed by atoms with van der Waals surface area (Å²) in [5, 5.41) is 12.0. The molecule has 0 aliphatic carbocycles. The van der Waals surface area contributed by atoms with Gasteiger partial charge in [0.1, 0.15) is 17.4 Å². The number of hydrogen-bond acceptors (Lipinski definition) is 4. The van der Waals surface area contributed by atoms with Gasteiger partial charge < -0.3 is 10.1 Å². The van der Waals surface area contributed by atoms with Gasteiger partial charge in [0.2, 0.25) is 0 Å². The third kappa shape index (κ3) is 4.43. The Morgan fingerprint density at radius 1 is 1.42 bits per heavy atom. The maximum Gasteiger partial charge on any atom is 0.262 e. The predicted molar refractivity (Wildman–Crippen MR) is 92.0 cm³/mol. The van der Waals surface area contributed by atoms with Gasteiger partial charge in [0, 0.05) is 18.9 Å². The molecule has 1 aromatic heterocycles. The van der Waals surface area contributed by atoms with Gasteiger partial charge in [-0.2, -0.15) is 5.26 Å². The number of aromatic nitrogens is 1. The summed E-state index contributed by atoms with van der Waals surface area (Å²) in [6, 6.07) is 11.2. The van der Waals surface area contributed by atoms with Crippen molar-refractivity contribution >= 4 is 12.0 Å². The molecule has 0 saturated carbocycles. The van der Waals surface area contributed by atoms with Crippen molar-refractivity contribution in [1.29, 1.82) is 5.26 Å². The van der Waals surface area contributed by atoms with E-state index >= 15 is 0 Å². The first kappa shape index (κ1) is 17.2. The van der Waals surface area contributed by atoms with Crippen LogP contribution in [0.2, 0.25) is 0 Å². The molecular formula is C19H19N3O2. The van der Waals surface area contributed by atoms with E-state index in [9.17, 15) is 10.1 Å². The topological polar surface area (TPSA) is 75.0 Å². The molecule has 0 radical (unpaired) electrons. The largest absolute Gasteiger partial charge is 0.496 e. The van der Waals surface area contributed by atoms with Crippen LogP contribution < -0.4 is 10.1 Å². The smallest absolute Gasteiger partial charge is 0.262 e. The molecule has 0 bridgehead atoms. The molecule has 2 aromatic rings. The van der Waals surface area contributed by atoms with Crippen LogP contribution in [0.3, 0.4) is 0 Å². The number of ether oxygens (including phenoxy) is 1. The Morgan fingerprint density at radius 2 is 2.25 bits per heavy atom. The van der Waals surface area contributed by atoms with Crippen LogP contribution in [0.1, 0.15) is 23.6 Å². The fraction of sp³-hybridized carbons (Fsp3) is 0.211. The number of methoxy groups -OCH3 is 1. The summed E-state index contributed by atoms with van der Waals surface area (Å²) in [6.07, 6.45) is 5.73. The number of benzene rings is 1. The molecule has 0 fully saturated rings. The molecule has 0 saturated heterocycles. The van der Waals surface area contributed by atoms with Crippen LogP contribution in [-0.4, -0.2) is 18.0 Å². The van der Waals surface area contributed by atoms with Crippen LogP contribution in [-0.2, 0) is 17.8 Å². The van der Waals surface area contributed by atoms with Crippen LogP contribution in [0.4, 0.5) is 0 Å². The van der Waals surface area contributed by atoms with Gasteiger partial charge in [-0.25, -0.2) is 0 Å². The number of aryl methyl sites for hydroxylation is 1. The minimum absolute atomic E-state index is 0.0612. The second-order valence-corrected chi connectivity index (χ2v) is 5.14. The second-order valence-electron chi connectivity index (χ2n) is 5.14. The highest BCUT2D eigenvalue weighted by Gasteiger charge is 2.10. The van der Waals surface area contributed by atoms with E-state index in [-0.39, 0.29) is 5.57 Å². The van der Waals surface area contributed by atoms with Gasteiger partial charge in [0.05, 0.1) is 7.11 Å². The Balaban J connectivity index is 2.13. The van der Waals surface area contributed by atoms with Gasteiger partial charge in [-0.05, 0) is 47.4 Å². The second kappa shape index (κ2) is 8.49. The summed E-state index contributed by atoms with van der Waals surface area (Å²) in [6.45, 7) is 2.35. The van der Waals surface area contributed by atoms with Crippen LogP contribution in [0.5, 0.6) is 5.75 Å². The molecule has 5 nitrogen and oxygen atoms in total. The standard InChI is InChI=1S/C19H19N3O2/c1-3-16-9-14(6-7-18(16)24-2)10-17(11-20)19(23)22-13-15-5-4-8-21-12-15/h4-10,12H,3,13H2,1-2H3,(H,22,23)/b17-10+. The molecule has 0 atom stereocenters. The number of nitrogens with one attached hydrogen (secondary N) is 1. The summed E-state index contributed by atoms with van der Waals surface area (Å²) in [7, 11) is 1.62. The third-order valence-electron chi connectivity index (χ3n) is 3.54. The number of amides is 1. The van der Waals surface area contributed by atoms with E-state index in [1.54, 1.807) is 31.6 Å². The van der Waals surface area contributed by atoms with E-state index in [4.69, 9.17) is 4.74 Å². The number of carbonyl (C=O) groups is 1. The van der Waals surface area contributed by atoms with Crippen LogP contribution in [0.25, 0.3) is 6.08 Å². The lowest BCUT2D eigenvalue weighted by Crippen LogP contribution is -2.24. The van der Waals surface area contributed by atoms with Gasteiger partial charge in [-0.1, -0.05) is 19.1 Å². The van der Waals surface area contributed by atoms with Gasteiger partial charge in [-0.15, -0.1) is 0 Å². The highest BCUT2D eigenvalue weighted by Crippen LogP contribution is 2.21. The van der Waals surface area contributed by atoms with E-state index in [2.05, 4.69) is 10.3 Å². The van der Waals surface area contributed by atoms with Crippen LogP contribution in [0, 0.1) is 11.3 Å². The lowest BCUT2D eigenvalue weighted by atomic mass is 10.0. The van der Waals surface area contributed by atoms with Crippen molar-refractivity contribution in [2.24, 2.45) is 0 Å². The molecular weight excluding hydrogens is 302 g/mol. The Bertz CT molecular complexity index is 777. The summed E-state index contributed by atoms with van der Waals surface area (Å²) in [5.41, 5.74) is 2.76. The SMILES string of the molecule is CCc1cc(/C=C(\C#N)C(=O)NCc2cccnc2)ccc1OC.